The summed E-state index contributed by atoms with van der Waals surface area (Å²) in [5.41, 5.74) is -0.206. The number of amides is 1. The highest BCUT2D eigenvalue weighted by atomic mass is 35.5. The first kappa shape index (κ1) is 37.9. The Bertz CT molecular complexity index is 1080. The lowest BCUT2D eigenvalue weighted by atomic mass is 10.1. The second kappa shape index (κ2) is 19.1. The van der Waals surface area contributed by atoms with Gasteiger partial charge in [-0.25, -0.2) is 21.5 Å². The van der Waals surface area contributed by atoms with Gasteiger partial charge >= 0.3 is 0 Å². The first-order chi connectivity index (χ1) is 18.7. The third-order valence-corrected chi connectivity index (χ3v) is 8.41. The van der Waals surface area contributed by atoms with E-state index in [-0.39, 0.29) is 30.1 Å². The minimum atomic E-state index is -3.36. The number of aliphatic hydroxyl groups excluding tert-OH is 2. The Morgan fingerprint density at radius 3 is 2.02 bits per heavy atom. The van der Waals surface area contributed by atoms with E-state index in [1.807, 2.05) is 6.92 Å². The number of hydrogen-bond acceptors (Lipinski definition) is 5. The van der Waals surface area contributed by atoms with Gasteiger partial charge in [-0.3, -0.25) is 4.79 Å². The van der Waals surface area contributed by atoms with E-state index in [1.54, 1.807) is 19.2 Å². The summed E-state index contributed by atoms with van der Waals surface area (Å²) in [7, 11) is -1.75. The molecule has 7 nitrogen and oxygen atoms in total. The van der Waals surface area contributed by atoms with E-state index in [4.69, 9.17) is 21.8 Å². The normalized spacial score (nSPS) is 14.7. The van der Waals surface area contributed by atoms with Crippen LogP contribution in [0.1, 0.15) is 59.8 Å². The van der Waals surface area contributed by atoms with Gasteiger partial charge in [0.1, 0.15) is 11.7 Å². The van der Waals surface area contributed by atoms with Gasteiger partial charge in [-0.1, -0.05) is 50.9 Å². The van der Waals surface area contributed by atoms with Crippen molar-refractivity contribution in [3.8, 4) is 0 Å². The quantitative estimate of drug-likeness (QED) is 0.211. The number of unbranched alkanes of at least 4 members (excludes halogenated alkanes) is 2. The molecule has 0 aliphatic heterocycles. The first-order valence-electron chi connectivity index (χ1n) is 13.3. The minimum Gasteiger partial charge on any atom is -0.395 e. The third-order valence-electron chi connectivity index (χ3n) is 6.29. The number of carbonyl (C=O) groups excluding carboxylic acids is 1. The molecule has 228 valence electrons. The molecule has 1 aliphatic carbocycles. The van der Waals surface area contributed by atoms with Crippen molar-refractivity contribution < 1.29 is 32.2 Å². The van der Waals surface area contributed by atoms with Gasteiger partial charge < -0.3 is 15.1 Å². The molecule has 1 amide bonds. The zero-order valence-electron chi connectivity index (χ0n) is 24.3. The van der Waals surface area contributed by atoms with Crippen molar-refractivity contribution in [3.63, 3.8) is 0 Å². The van der Waals surface area contributed by atoms with Gasteiger partial charge in [-0.05, 0) is 63.5 Å². The number of nitrogens with zero attached hydrogens (tertiary/aromatic N) is 2. The average Bonchev–Trinajstić information content (AvgIpc) is 3.70. The van der Waals surface area contributed by atoms with Crippen LogP contribution >= 0.6 is 11.6 Å². The molecule has 0 atom stereocenters. The molecular formula is C29H45ClF2N2O5S. The fourth-order valence-electron chi connectivity index (χ4n) is 3.31. The van der Waals surface area contributed by atoms with Crippen molar-refractivity contribution in [3.05, 3.63) is 65.2 Å². The maximum absolute atomic E-state index is 12.5. The minimum absolute atomic E-state index is 0.00231. The number of sulfonamides is 1. The van der Waals surface area contributed by atoms with Crippen LogP contribution in [0.15, 0.2) is 65.1 Å². The van der Waals surface area contributed by atoms with Gasteiger partial charge in [0.05, 0.1) is 18.1 Å². The van der Waals surface area contributed by atoms with Crippen LogP contribution in [0, 0.1) is 5.41 Å². The molecule has 0 radical (unpaired) electrons. The lowest BCUT2D eigenvalue weighted by Gasteiger charge is -2.23. The molecule has 2 rings (SSSR count). The number of halogens is 3. The van der Waals surface area contributed by atoms with E-state index in [9.17, 15) is 22.0 Å². The van der Waals surface area contributed by atoms with Crippen LogP contribution in [0.4, 0.5) is 8.78 Å². The Morgan fingerprint density at radius 1 is 1.10 bits per heavy atom. The number of rotatable bonds is 13. The summed E-state index contributed by atoms with van der Waals surface area (Å²) in [4.78, 5) is 13.5. The monoisotopic (exact) mass is 606 g/mol. The fourth-order valence-corrected chi connectivity index (χ4v) is 4.65. The van der Waals surface area contributed by atoms with E-state index >= 15 is 0 Å². The van der Waals surface area contributed by atoms with E-state index in [0.717, 1.165) is 38.2 Å². The van der Waals surface area contributed by atoms with Crippen molar-refractivity contribution >= 4 is 27.5 Å². The highest BCUT2D eigenvalue weighted by Crippen LogP contribution is 2.46. The molecule has 1 saturated carbocycles. The summed E-state index contributed by atoms with van der Waals surface area (Å²) in [6.07, 6.45) is 7.06. The Kier molecular flexibility index (Phi) is 18.1. The van der Waals surface area contributed by atoms with E-state index in [0.29, 0.717) is 29.6 Å². The second-order valence-corrected chi connectivity index (χ2v) is 12.1. The average molecular weight is 607 g/mol. The topological polar surface area (TPSA) is 98.2 Å². The molecule has 11 heteroatoms. The molecule has 0 unspecified atom stereocenters. The molecular weight excluding hydrogens is 562 g/mol. The SMILES string of the molecule is C=C/C(F)=C(C)\C(F)=C/C.CC1(C(=O)N(CCO)CCO)CC1.CCCCCN(C)S(=O)(=O)c1ccc(Cl)cc1. The van der Waals surface area contributed by atoms with Crippen LogP contribution in [0.5, 0.6) is 0 Å². The zero-order chi connectivity index (χ0) is 30.9. The van der Waals surface area contributed by atoms with Crippen molar-refractivity contribution in [1.29, 1.82) is 0 Å². The number of benzene rings is 1. The molecule has 0 saturated heterocycles. The lowest BCUT2D eigenvalue weighted by molar-refractivity contribution is -0.137. The first-order valence-corrected chi connectivity index (χ1v) is 15.1. The Morgan fingerprint density at radius 2 is 1.62 bits per heavy atom. The van der Waals surface area contributed by atoms with Crippen molar-refractivity contribution in [1.82, 2.24) is 9.21 Å². The Balaban J connectivity index is 0.000000593. The highest BCUT2D eigenvalue weighted by molar-refractivity contribution is 7.89. The predicted octanol–water partition coefficient (Wildman–Crippen LogP) is 6.04. The summed E-state index contributed by atoms with van der Waals surface area (Å²) < 4.78 is 50.6. The van der Waals surface area contributed by atoms with Crippen LogP contribution in [0.25, 0.3) is 0 Å². The second-order valence-electron chi connectivity index (χ2n) is 9.60. The van der Waals surface area contributed by atoms with Crippen molar-refractivity contribution in [2.75, 3.05) is 39.9 Å². The van der Waals surface area contributed by atoms with Crippen LogP contribution in [0.3, 0.4) is 0 Å². The molecule has 40 heavy (non-hydrogen) atoms. The predicted molar refractivity (Wildman–Crippen MR) is 158 cm³/mol. The summed E-state index contributed by atoms with van der Waals surface area (Å²) in [6.45, 7) is 11.2. The van der Waals surface area contributed by atoms with E-state index < -0.39 is 21.7 Å². The number of hydrogen-bond donors (Lipinski definition) is 2. The lowest BCUT2D eigenvalue weighted by Crippen LogP contribution is -2.39. The largest absolute Gasteiger partial charge is 0.395 e. The van der Waals surface area contributed by atoms with Gasteiger partial charge in [-0.15, -0.1) is 0 Å². The molecule has 0 bridgehead atoms. The van der Waals surface area contributed by atoms with Crippen LogP contribution in [-0.2, 0) is 14.8 Å². The van der Waals surface area contributed by atoms with Gasteiger partial charge in [-0.2, -0.15) is 0 Å². The van der Waals surface area contributed by atoms with Gasteiger partial charge in [0, 0.05) is 42.7 Å². The molecule has 1 aromatic carbocycles. The summed E-state index contributed by atoms with van der Waals surface area (Å²) in [6, 6.07) is 6.25. The van der Waals surface area contributed by atoms with Crippen LogP contribution < -0.4 is 0 Å². The van der Waals surface area contributed by atoms with E-state index in [1.165, 1.54) is 41.3 Å². The molecule has 2 N–H and O–H groups in total. The van der Waals surface area contributed by atoms with Crippen molar-refractivity contribution in [2.45, 2.75) is 64.7 Å². The molecule has 0 spiro atoms. The summed E-state index contributed by atoms with van der Waals surface area (Å²) >= 11 is 5.74. The molecule has 0 aromatic heterocycles. The molecule has 0 heterocycles. The Hall–Kier alpha value is -2.11. The van der Waals surface area contributed by atoms with E-state index in [2.05, 4.69) is 13.5 Å². The van der Waals surface area contributed by atoms with Gasteiger partial charge in [0.25, 0.3) is 0 Å². The molecule has 1 aliphatic rings. The van der Waals surface area contributed by atoms with Crippen molar-refractivity contribution in [2.24, 2.45) is 5.41 Å². The molecule has 1 fully saturated rings. The third kappa shape index (κ3) is 13.0. The number of aliphatic hydroxyl groups is 2. The number of allylic oxidation sites excluding steroid dienone is 5. The van der Waals surface area contributed by atoms with Crippen LogP contribution in [-0.4, -0.2) is 73.6 Å². The standard InChI is InChI=1S/C12H18ClNO2S.C9H17NO3.C8H10F2/c1-3-4-5-10-14(2)17(15,16)12-8-6-11(13)7-9-12;1-9(2-3-9)8(13)10(4-6-11)5-7-12;1-4-7(9)6(3)8(10)5-2/h6-9H,3-5,10H2,1-2H3;11-12H,2-7H2,1H3;4-5H,1H2,2-3H3/b;;7-6+,8-5+. The van der Waals surface area contributed by atoms with Crippen LogP contribution in [0.2, 0.25) is 5.02 Å². The smallest absolute Gasteiger partial charge is 0.242 e. The maximum atomic E-state index is 12.5. The zero-order valence-corrected chi connectivity index (χ0v) is 25.9. The van der Waals surface area contributed by atoms with Gasteiger partial charge in [0.15, 0.2) is 0 Å². The Labute approximate surface area is 243 Å². The summed E-state index contributed by atoms with van der Waals surface area (Å²) in [5, 5.41) is 18.0. The van der Waals surface area contributed by atoms with Gasteiger partial charge in [0.2, 0.25) is 15.9 Å². The highest BCUT2D eigenvalue weighted by Gasteiger charge is 2.46. The summed E-state index contributed by atoms with van der Waals surface area (Å²) in [5.74, 6) is -1.09. The fraction of sp³-hybridized carbons (Fsp3) is 0.552. The maximum Gasteiger partial charge on any atom is 0.242 e. The number of carbonyl (C=O) groups is 1. The molecule has 1 aromatic rings.